The summed E-state index contributed by atoms with van der Waals surface area (Å²) in [6.45, 7) is -0.504. The van der Waals surface area contributed by atoms with E-state index in [2.05, 4.69) is 0 Å². The van der Waals surface area contributed by atoms with Crippen LogP contribution in [-0.4, -0.2) is 47.6 Å². The number of ether oxygens (including phenoxy) is 1. The zero-order valence-electron chi connectivity index (χ0n) is 18.9. The van der Waals surface area contributed by atoms with Gasteiger partial charge in [-0.25, -0.2) is 9.59 Å². The molecule has 0 saturated carbocycles. The van der Waals surface area contributed by atoms with E-state index in [9.17, 15) is 37.5 Å². The van der Waals surface area contributed by atoms with Crippen molar-refractivity contribution in [1.82, 2.24) is 4.90 Å². The third-order valence-electron chi connectivity index (χ3n) is 6.85. The van der Waals surface area contributed by atoms with Crippen LogP contribution in [0.1, 0.15) is 34.7 Å². The molecule has 1 saturated heterocycles. The third kappa shape index (κ3) is 3.64. The fourth-order valence-corrected chi connectivity index (χ4v) is 5.10. The van der Waals surface area contributed by atoms with Gasteiger partial charge in [-0.15, -0.1) is 0 Å². The van der Waals surface area contributed by atoms with E-state index in [4.69, 9.17) is 4.74 Å². The summed E-state index contributed by atoms with van der Waals surface area (Å²) in [6.07, 6.45) is -5.12. The highest BCUT2D eigenvalue weighted by Gasteiger charge is 2.49. The average molecular weight is 503 g/mol. The zero-order valence-corrected chi connectivity index (χ0v) is 18.9. The van der Waals surface area contributed by atoms with Gasteiger partial charge in [0.05, 0.1) is 17.3 Å². The Balaban J connectivity index is 1.55. The van der Waals surface area contributed by atoms with Gasteiger partial charge in [0, 0.05) is 24.8 Å². The molecular weight excluding hydrogens is 483 g/mol. The maximum atomic E-state index is 13.6. The minimum absolute atomic E-state index is 0.00164. The lowest BCUT2D eigenvalue weighted by Gasteiger charge is -2.40. The minimum atomic E-state index is -4.61. The van der Waals surface area contributed by atoms with Gasteiger partial charge in [-0.05, 0) is 48.2 Å². The Hall–Kier alpha value is -4.09. The van der Waals surface area contributed by atoms with Gasteiger partial charge in [-0.3, -0.25) is 24.3 Å². The number of carbonyl (C=O) groups is 4. The highest BCUT2D eigenvalue weighted by molar-refractivity contribution is 6.12. The monoisotopic (exact) mass is 503 g/mol. The second-order valence-electron chi connectivity index (χ2n) is 8.84. The molecule has 0 radical (unpaired) electrons. The number of amides is 4. The third-order valence-corrected chi connectivity index (χ3v) is 6.85. The van der Waals surface area contributed by atoms with Crippen molar-refractivity contribution >= 4 is 35.4 Å². The Morgan fingerprint density at radius 3 is 2.58 bits per heavy atom. The molecule has 1 N–H and O–H groups in total. The molecule has 3 aliphatic rings. The predicted molar refractivity (Wildman–Crippen MR) is 118 cm³/mol. The fourth-order valence-electron chi connectivity index (χ4n) is 5.10. The van der Waals surface area contributed by atoms with Gasteiger partial charge in [-0.2, -0.15) is 13.2 Å². The highest BCUT2D eigenvalue weighted by atomic mass is 19.4. The van der Waals surface area contributed by atoms with Crippen LogP contribution >= 0.6 is 0 Å². The summed E-state index contributed by atoms with van der Waals surface area (Å²) < 4.78 is 45.7. The quantitative estimate of drug-likeness (QED) is 0.636. The lowest BCUT2D eigenvalue weighted by molar-refractivity contribution is -0.151. The number of carbonyl (C=O) groups excluding carboxylic acids is 3. The molecule has 9 nitrogen and oxygen atoms in total. The number of rotatable bonds is 3. The number of imide groups is 1. The standard InChI is InChI=1S/C24H20F3N3O6/c1-28-18-7-5-13(9-12(18)11-36-23(28)35)29-10-16(21(32)33)20(31)30(22(29)34)19-8-6-14-15(19)3-2-4-17(14)24(25,26)27/h2-5,7,9,16,19H,6,8,10-11H2,1H3,(H,32,33)/t16?,19-/m1/s1. The maximum Gasteiger partial charge on any atom is 0.416 e. The Kier molecular flexibility index (Phi) is 5.42. The van der Waals surface area contributed by atoms with Crippen molar-refractivity contribution in [3.8, 4) is 0 Å². The van der Waals surface area contributed by atoms with Crippen LogP contribution in [0.2, 0.25) is 0 Å². The number of anilines is 2. The van der Waals surface area contributed by atoms with E-state index >= 15 is 0 Å². The summed E-state index contributed by atoms with van der Waals surface area (Å²) in [5, 5.41) is 9.72. The molecule has 36 heavy (non-hydrogen) atoms. The van der Waals surface area contributed by atoms with Crippen LogP contribution in [0.4, 0.5) is 34.1 Å². The number of nitrogens with zero attached hydrogens (tertiary/aromatic N) is 3. The van der Waals surface area contributed by atoms with Crippen LogP contribution in [0, 0.1) is 5.92 Å². The molecule has 2 aromatic carbocycles. The van der Waals surface area contributed by atoms with Crippen molar-refractivity contribution in [2.24, 2.45) is 5.92 Å². The second kappa shape index (κ2) is 8.25. The SMILES string of the molecule is CN1C(=O)OCc2cc(N3CC(C(=O)O)C(=O)N([C@@H]4CCc5c4cccc5C(F)(F)F)C3=O)ccc21. The Bertz CT molecular complexity index is 1310. The minimum Gasteiger partial charge on any atom is -0.481 e. The molecule has 1 fully saturated rings. The van der Waals surface area contributed by atoms with Gasteiger partial charge in [0.2, 0.25) is 5.91 Å². The van der Waals surface area contributed by atoms with E-state index in [0.29, 0.717) is 11.3 Å². The van der Waals surface area contributed by atoms with E-state index in [-0.39, 0.29) is 36.3 Å². The first-order chi connectivity index (χ1) is 17.0. The Morgan fingerprint density at radius 1 is 1.14 bits per heavy atom. The van der Waals surface area contributed by atoms with Gasteiger partial charge < -0.3 is 9.84 Å². The number of fused-ring (bicyclic) bond motifs is 2. The number of alkyl halides is 3. The van der Waals surface area contributed by atoms with E-state index < -0.39 is 54.2 Å². The van der Waals surface area contributed by atoms with Crippen molar-refractivity contribution in [3.05, 3.63) is 58.7 Å². The first kappa shape index (κ1) is 23.6. The summed E-state index contributed by atoms with van der Waals surface area (Å²) in [5.41, 5.74) is 0.732. The number of hydrogen-bond donors (Lipinski definition) is 1. The van der Waals surface area contributed by atoms with Crippen LogP contribution < -0.4 is 9.80 Å². The first-order valence-corrected chi connectivity index (χ1v) is 11.1. The molecule has 0 aromatic heterocycles. The Morgan fingerprint density at radius 2 is 1.89 bits per heavy atom. The zero-order chi connectivity index (χ0) is 25.9. The lowest BCUT2D eigenvalue weighted by atomic mass is 9.98. The average Bonchev–Trinajstić information content (AvgIpc) is 3.24. The number of carboxylic acids is 1. The highest BCUT2D eigenvalue weighted by Crippen LogP contribution is 2.44. The fraction of sp³-hybridized carbons (Fsp3) is 0.333. The van der Waals surface area contributed by atoms with Crippen LogP contribution in [0.25, 0.3) is 0 Å². The molecule has 4 amide bonds. The summed E-state index contributed by atoms with van der Waals surface area (Å²) in [7, 11) is 1.51. The molecule has 188 valence electrons. The molecule has 12 heteroatoms. The number of aliphatic carboxylic acids is 1. The molecule has 0 spiro atoms. The second-order valence-corrected chi connectivity index (χ2v) is 8.84. The number of urea groups is 1. The van der Waals surface area contributed by atoms with Crippen LogP contribution in [0.3, 0.4) is 0 Å². The van der Waals surface area contributed by atoms with Crippen molar-refractivity contribution in [2.75, 3.05) is 23.4 Å². The summed E-state index contributed by atoms with van der Waals surface area (Å²) >= 11 is 0. The Labute approximate surface area is 202 Å². The van der Waals surface area contributed by atoms with Crippen molar-refractivity contribution < 1.29 is 42.2 Å². The molecule has 5 rings (SSSR count). The smallest absolute Gasteiger partial charge is 0.416 e. The van der Waals surface area contributed by atoms with Gasteiger partial charge in [-0.1, -0.05) is 12.1 Å². The van der Waals surface area contributed by atoms with Crippen molar-refractivity contribution in [1.29, 1.82) is 0 Å². The van der Waals surface area contributed by atoms with Crippen LogP contribution in [0.15, 0.2) is 36.4 Å². The maximum absolute atomic E-state index is 13.6. The van der Waals surface area contributed by atoms with Crippen LogP contribution in [0.5, 0.6) is 0 Å². The van der Waals surface area contributed by atoms with Gasteiger partial charge >= 0.3 is 24.3 Å². The number of carboxylic acid groups (broad SMARTS) is 1. The van der Waals surface area contributed by atoms with Crippen molar-refractivity contribution in [3.63, 3.8) is 0 Å². The number of hydrogen-bond acceptors (Lipinski definition) is 5. The van der Waals surface area contributed by atoms with Gasteiger partial charge in [0.1, 0.15) is 6.61 Å². The lowest BCUT2D eigenvalue weighted by Crippen LogP contribution is -2.59. The van der Waals surface area contributed by atoms with Crippen molar-refractivity contribution in [2.45, 2.75) is 31.7 Å². The topological polar surface area (TPSA) is 107 Å². The number of cyclic esters (lactones) is 1. The molecule has 2 heterocycles. The molecule has 1 unspecified atom stereocenters. The molecule has 2 aromatic rings. The summed E-state index contributed by atoms with van der Waals surface area (Å²) in [6, 6.07) is 6.40. The van der Waals surface area contributed by atoms with E-state index in [1.807, 2.05) is 0 Å². The normalized spacial score (nSPS) is 21.9. The van der Waals surface area contributed by atoms with Gasteiger partial charge in [0.15, 0.2) is 5.92 Å². The molecule has 1 aliphatic carbocycles. The van der Waals surface area contributed by atoms with Crippen LogP contribution in [-0.2, 0) is 33.5 Å². The first-order valence-electron chi connectivity index (χ1n) is 11.1. The van der Waals surface area contributed by atoms with E-state index in [1.54, 1.807) is 12.1 Å². The summed E-state index contributed by atoms with van der Waals surface area (Å²) in [4.78, 5) is 53.7. The molecule has 2 atom stereocenters. The molecule has 2 aliphatic heterocycles. The molecular formula is C24H20F3N3O6. The predicted octanol–water partition coefficient (Wildman–Crippen LogP) is 3.95. The van der Waals surface area contributed by atoms with E-state index in [0.717, 1.165) is 15.9 Å². The van der Waals surface area contributed by atoms with Gasteiger partial charge in [0.25, 0.3) is 0 Å². The number of benzene rings is 2. The molecule has 0 bridgehead atoms. The van der Waals surface area contributed by atoms with E-state index in [1.165, 1.54) is 30.1 Å². The number of halogens is 3. The largest absolute Gasteiger partial charge is 0.481 e. The summed E-state index contributed by atoms with van der Waals surface area (Å²) in [5.74, 6) is -4.02.